The SMILES string of the molecule is COCCN1CC(C)([C@](O)(c2ccc(C(C)C)cc2)c2cncc(-c3cc(C4CCN(C(C)=O)CC4)[nH]n3)c2)C1. The molecule has 0 unspecified atom stereocenters. The smallest absolute Gasteiger partial charge is 0.219 e. The third kappa shape index (κ3) is 5.32. The standard InChI is InChI=1S/C32H43N5O3/c1-22(2)24-6-8-27(9-7-24)32(39,31(4)20-36(21-31)14-15-40-5)28-16-26(18-33-19-28)30-17-29(34-35-30)25-10-12-37(13-11-25)23(3)38/h6-9,16-19,22,25,39H,10-15,20-21H2,1-5H3,(H,34,35)/t32-/m0/s1. The molecule has 8 heteroatoms. The number of aromatic amines is 1. The van der Waals surface area contributed by atoms with Gasteiger partial charge in [-0.25, -0.2) is 0 Å². The molecule has 0 radical (unpaired) electrons. The van der Waals surface area contributed by atoms with Crippen molar-refractivity contribution < 1.29 is 14.6 Å². The van der Waals surface area contributed by atoms with Crippen LogP contribution < -0.4 is 0 Å². The minimum atomic E-state index is -1.23. The van der Waals surface area contributed by atoms with E-state index in [0.29, 0.717) is 18.4 Å². The van der Waals surface area contributed by atoms with Crippen LogP contribution in [0.25, 0.3) is 11.3 Å². The first-order valence-electron chi connectivity index (χ1n) is 14.5. The molecule has 2 fully saturated rings. The van der Waals surface area contributed by atoms with E-state index < -0.39 is 11.0 Å². The number of nitrogens with one attached hydrogen (secondary N) is 1. The van der Waals surface area contributed by atoms with Gasteiger partial charge in [0.05, 0.1) is 12.3 Å². The van der Waals surface area contributed by atoms with Crippen LogP contribution in [-0.4, -0.2) is 82.4 Å². The zero-order valence-corrected chi connectivity index (χ0v) is 24.5. The summed E-state index contributed by atoms with van der Waals surface area (Å²) >= 11 is 0. The molecule has 2 saturated heterocycles. The lowest BCUT2D eigenvalue weighted by Gasteiger charge is -2.57. The van der Waals surface area contributed by atoms with Gasteiger partial charge in [0, 0.05) is 87.3 Å². The van der Waals surface area contributed by atoms with Gasteiger partial charge >= 0.3 is 0 Å². The molecule has 0 spiro atoms. The van der Waals surface area contributed by atoms with Gasteiger partial charge in [0.15, 0.2) is 0 Å². The van der Waals surface area contributed by atoms with Crippen LogP contribution in [0.4, 0.5) is 0 Å². The number of carbonyl (C=O) groups excluding carboxylic acids is 1. The monoisotopic (exact) mass is 545 g/mol. The molecular weight excluding hydrogens is 502 g/mol. The fourth-order valence-corrected chi connectivity index (χ4v) is 6.50. The topological polar surface area (TPSA) is 94.6 Å². The van der Waals surface area contributed by atoms with Crippen LogP contribution in [0.15, 0.2) is 48.8 Å². The van der Waals surface area contributed by atoms with Gasteiger partial charge in [-0.15, -0.1) is 0 Å². The third-order valence-electron chi connectivity index (χ3n) is 9.05. The highest BCUT2D eigenvalue weighted by atomic mass is 16.5. The van der Waals surface area contributed by atoms with Gasteiger partial charge in [0.2, 0.25) is 5.91 Å². The minimum absolute atomic E-state index is 0.139. The van der Waals surface area contributed by atoms with E-state index in [4.69, 9.17) is 4.74 Å². The number of hydrogen-bond donors (Lipinski definition) is 2. The molecule has 5 rings (SSSR count). The number of piperidine rings is 1. The number of carbonyl (C=O) groups is 1. The number of likely N-dealkylation sites (tertiary alicyclic amines) is 2. The van der Waals surface area contributed by atoms with E-state index in [1.165, 1.54) is 5.56 Å². The Labute approximate surface area is 237 Å². The molecule has 40 heavy (non-hydrogen) atoms. The zero-order valence-electron chi connectivity index (χ0n) is 24.5. The molecule has 2 aliphatic heterocycles. The van der Waals surface area contributed by atoms with Gasteiger partial charge in [-0.1, -0.05) is 45.0 Å². The number of methoxy groups -OCH3 is 1. The van der Waals surface area contributed by atoms with Crippen LogP contribution in [0, 0.1) is 5.41 Å². The van der Waals surface area contributed by atoms with Crippen molar-refractivity contribution >= 4 is 5.91 Å². The quantitative estimate of drug-likeness (QED) is 0.411. The number of aliphatic hydroxyl groups is 1. The molecule has 2 aliphatic rings. The van der Waals surface area contributed by atoms with Crippen LogP contribution in [0.3, 0.4) is 0 Å². The summed E-state index contributed by atoms with van der Waals surface area (Å²) in [5.74, 6) is 0.899. The fraction of sp³-hybridized carbons (Fsp3) is 0.531. The summed E-state index contributed by atoms with van der Waals surface area (Å²) in [6, 6.07) is 12.6. The fourth-order valence-electron chi connectivity index (χ4n) is 6.50. The Bertz CT molecular complexity index is 1310. The first kappa shape index (κ1) is 28.5. The van der Waals surface area contributed by atoms with Gasteiger partial charge < -0.3 is 14.7 Å². The molecule has 0 bridgehead atoms. The normalized spacial score (nSPS) is 19.4. The number of pyridine rings is 1. The predicted octanol–water partition coefficient (Wildman–Crippen LogP) is 4.53. The van der Waals surface area contributed by atoms with Crippen molar-refractivity contribution in [3.8, 4) is 11.3 Å². The van der Waals surface area contributed by atoms with E-state index in [1.807, 2.05) is 17.2 Å². The number of benzene rings is 1. The molecule has 4 heterocycles. The van der Waals surface area contributed by atoms with Crippen LogP contribution in [0.1, 0.15) is 74.8 Å². The molecule has 1 atom stereocenters. The largest absolute Gasteiger partial charge is 0.383 e. The number of nitrogens with zero attached hydrogens (tertiary/aromatic N) is 4. The molecule has 0 saturated carbocycles. The van der Waals surface area contributed by atoms with E-state index in [2.05, 4.69) is 71.2 Å². The van der Waals surface area contributed by atoms with Crippen LogP contribution in [0.5, 0.6) is 0 Å². The van der Waals surface area contributed by atoms with Crippen molar-refractivity contribution in [1.82, 2.24) is 25.0 Å². The van der Waals surface area contributed by atoms with Gasteiger partial charge in [-0.3, -0.25) is 19.8 Å². The summed E-state index contributed by atoms with van der Waals surface area (Å²) < 4.78 is 5.29. The lowest BCUT2D eigenvalue weighted by Crippen LogP contribution is -2.65. The summed E-state index contributed by atoms with van der Waals surface area (Å²) in [4.78, 5) is 20.6. The second-order valence-corrected chi connectivity index (χ2v) is 12.2. The Morgan fingerprint density at radius 3 is 2.48 bits per heavy atom. The first-order chi connectivity index (χ1) is 19.1. The highest BCUT2D eigenvalue weighted by molar-refractivity contribution is 5.73. The van der Waals surface area contributed by atoms with Gasteiger partial charge in [-0.05, 0) is 42.0 Å². The number of aromatic nitrogens is 3. The molecule has 1 amide bonds. The van der Waals surface area contributed by atoms with Crippen molar-refractivity contribution in [3.63, 3.8) is 0 Å². The minimum Gasteiger partial charge on any atom is -0.383 e. The number of ether oxygens (including phenoxy) is 1. The van der Waals surface area contributed by atoms with Crippen LogP contribution >= 0.6 is 0 Å². The van der Waals surface area contributed by atoms with Crippen molar-refractivity contribution in [1.29, 1.82) is 0 Å². The molecule has 2 aromatic heterocycles. The first-order valence-corrected chi connectivity index (χ1v) is 14.5. The second-order valence-electron chi connectivity index (χ2n) is 12.2. The highest BCUT2D eigenvalue weighted by Crippen LogP contribution is 2.51. The van der Waals surface area contributed by atoms with Gasteiger partial charge in [0.25, 0.3) is 0 Å². The van der Waals surface area contributed by atoms with E-state index in [0.717, 1.165) is 73.6 Å². The summed E-state index contributed by atoms with van der Waals surface area (Å²) in [5, 5.41) is 20.6. The number of hydrogen-bond acceptors (Lipinski definition) is 6. The average Bonchev–Trinajstić information content (AvgIpc) is 3.45. The Kier molecular flexibility index (Phi) is 8.13. The Morgan fingerprint density at radius 1 is 1.15 bits per heavy atom. The molecule has 2 N–H and O–H groups in total. The summed E-state index contributed by atoms with van der Waals surface area (Å²) in [7, 11) is 1.72. The van der Waals surface area contributed by atoms with E-state index in [1.54, 1.807) is 20.2 Å². The van der Waals surface area contributed by atoms with E-state index in [-0.39, 0.29) is 5.91 Å². The highest BCUT2D eigenvalue weighted by Gasteiger charge is 2.56. The Morgan fingerprint density at radius 2 is 1.85 bits per heavy atom. The van der Waals surface area contributed by atoms with Crippen LogP contribution in [0.2, 0.25) is 0 Å². The van der Waals surface area contributed by atoms with E-state index >= 15 is 0 Å². The summed E-state index contributed by atoms with van der Waals surface area (Å²) in [6.45, 7) is 12.7. The molecule has 0 aliphatic carbocycles. The Hall–Kier alpha value is -3.07. The molecule has 1 aromatic carbocycles. The lowest BCUT2D eigenvalue weighted by molar-refractivity contribution is -0.138. The summed E-state index contributed by atoms with van der Waals surface area (Å²) in [5.41, 5.74) is 4.05. The maximum absolute atomic E-state index is 12.7. The molecular formula is C32H43N5O3. The lowest BCUT2D eigenvalue weighted by atomic mass is 9.62. The Balaban J connectivity index is 1.45. The molecule has 214 valence electrons. The maximum Gasteiger partial charge on any atom is 0.219 e. The maximum atomic E-state index is 12.7. The van der Waals surface area contributed by atoms with Crippen molar-refractivity contribution in [3.05, 3.63) is 71.2 Å². The molecule has 3 aromatic rings. The number of H-pyrrole nitrogens is 1. The number of amides is 1. The third-order valence-corrected chi connectivity index (χ3v) is 9.05. The van der Waals surface area contributed by atoms with Crippen LogP contribution in [-0.2, 0) is 15.1 Å². The number of rotatable bonds is 9. The average molecular weight is 546 g/mol. The molecule has 8 nitrogen and oxygen atoms in total. The van der Waals surface area contributed by atoms with E-state index in [9.17, 15) is 9.90 Å². The van der Waals surface area contributed by atoms with Crippen molar-refractivity contribution in [2.24, 2.45) is 5.41 Å². The van der Waals surface area contributed by atoms with Crippen molar-refractivity contribution in [2.45, 2.75) is 58.0 Å². The second kappa shape index (κ2) is 11.4. The van der Waals surface area contributed by atoms with Crippen molar-refractivity contribution in [2.75, 3.05) is 46.4 Å². The predicted molar refractivity (Wildman–Crippen MR) is 156 cm³/mol. The zero-order chi connectivity index (χ0) is 28.5. The van der Waals surface area contributed by atoms with Gasteiger partial charge in [0.1, 0.15) is 5.60 Å². The summed E-state index contributed by atoms with van der Waals surface area (Å²) in [6.07, 6.45) is 5.46. The van der Waals surface area contributed by atoms with Gasteiger partial charge in [-0.2, -0.15) is 5.10 Å².